The molecule has 2 aromatic carbocycles. The van der Waals surface area contributed by atoms with Gasteiger partial charge in [0.15, 0.2) is 0 Å². The van der Waals surface area contributed by atoms with Gasteiger partial charge in [0.2, 0.25) is 0 Å². The van der Waals surface area contributed by atoms with E-state index in [4.69, 9.17) is 4.74 Å². The molecule has 2 N–H and O–H groups in total. The highest BCUT2D eigenvalue weighted by Gasteiger charge is 2.66. The lowest BCUT2D eigenvalue weighted by atomic mass is 10.2. The maximum atomic E-state index is 13.9. The van der Waals surface area contributed by atoms with Gasteiger partial charge in [0, 0.05) is 5.69 Å². The van der Waals surface area contributed by atoms with Gasteiger partial charge in [0.25, 0.3) is 0 Å². The van der Waals surface area contributed by atoms with Gasteiger partial charge in [-0.05, 0) is 49.4 Å². The molecular weight excluding hydrogens is 453 g/mol. The second kappa shape index (κ2) is 9.32. The van der Waals surface area contributed by atoms with Crippen molar-refractivity contribution in [3.63, 3.8) is 0 Å². The smallest absolute Gasteiger partial charge is 0.460 e. The fraction of sp³-hybridized carbons (Fsp3) is 0.263. The van der Waals surface area contributed by atoms with Crippen LogP contribution in [-0.2, 0) is 15.7 Å². The van der Waals surface area contributed by atoms with E-state index in [1.54, 1.807) is 5.32 Å². The summed E-state index contributed by atoms with van der Waals surface area (Å²) in [5.41, 5.74) is -5.78. The van der Waals surface area contributed by atoms with Gasteiger partial charge in [-0.2, -0.15) is 26.3 Å². The minimum atomic E-state index is -5.60. The number of alkyl halides is 6. The van der Waals surface area contributed by atoms with E-state index in [2.05, 4.69) is 4.74 Å². The zero-order chi connectivity index (χ0) is 24.2. The van der Waals surface area contributed by atoms with Gasteiger partial charge >= 0.3 is 30.1 Å². The van der Waals surface area contributed by atoms with Gasteiger partial charge < -0.3 is 14.8 Å². The third kappa shape index (κ3) is 5.80. The van der Waals surface area contributed by atoms with Crippen LogP contribution in [0.1, 0.15) is 12.5 Å². The van der Waals surface area contributed by atoms with Crippen LogP contribution in [-0.4, -0.2) is 30.5 Å². The number of benzene rings is 2. The molecule has 0 aliphatic heterocycles. The summed E-state index contributed by atoms with van der Waals surface area (Å²) in [6, 6.07) is 4.33. The molecule has 2 rings (SSSR count). The number of urea groups is 1. The van der Waals surface area contributed by atoms with Crippen LogP contribution in [0.15, 0.2) is 48.5 Å². The molecular formula is C19H15F7N2O4. The average Bonchev–Trinajstić information content (AvgIpc) is 2.68. The lowest BCUT2D eigenvalue weighted by molar-refractivity contribution is -0.259. The second-order valence-electron chi connectivity index (χ2n) is 6.11. The van der Waals surface area contributed by atoms with Crippen LogP contribution in [0.2, 0.25) is 0 Å². The molecule has 0 saturated carbocycles. The number of hydrogen-bond acceptors (Lipinski definition) is 4. The average molecular weight is 468 g/mol. The molecule has 0 aliphatic rings. The molecule has 6 nitrogen and oxygen atoms in total. The Morgan fingerprint density at radius 3 is 2.12 bits per heavy atom. The summed E-state index contributed by atoms with van der Waals surface area (Å²) in [5.74, 6) is -3.53. The molecule has 0 bridgehead atoms. The number of ether oxygens (including phenoxy) is 2. The number of hydrogen-bond donors (Lipinski definition) is 2. The van der Waals surface area contributed by atoms with Crippen molar-refractivity contribution in [3.05, 3.63) is 59.9 Å². The largest absolute Gasteiger partial charge is 0.461 e. The van der Waals surface area contributed by atoms with E-state index in [1.807, 2.05) is 0 Å². The zero-order valence-electron chi connectivity index (χ0n) is 16.1. The third-order valence-electron chi connectivity index (χ3n) is 3.78. The molecule has 2 aromatic rings. The molecule has 174 valence electrons. The van der Waals surface area contributed by atoms with Crippen molar-refractivity contribution in [2.24, 2.45) is 0 Å². The van der Waals surface area contributed by atoms with Crippen LogP contribution < -0.4 is 15.4 Å². The van der Waals surface area contributed by atoms with Crippen LogP contribution >= 0.6 is 0 Å². The summed E-state index contributed by atoms with van der Waals surface area (Å²) >= 11 is 0. The number of carbonyl (C=O) groups is 2. The standard InChI is InChI=1S/C19H15F7N2O4/c1-2-31-15(29)17(19(24,25)26,32-14-8-6-12(20)7-9-14)28-16(30)27-13-5-3-4-11(10-13)18(21,22)23/h3-10H,2H2,1H3,(H2,27,28,30). The number of esters is 1. The monoisotopic (exact) mass is 468 g/mol. The molecule has 0 fully saturated rings. The van der Waals surface area contributed by atoms with Gasteiger partial charge in [-0.15, -0.1) is 0 Å². The Bertz CT molecular complexity index is 961. The van der Waals surface area contributed by atoms with Crippen LogP contribution in [0.25, 0.3) is 0 Å². The van der Waals surface area contributed by atoms with Crippen molar-refractivity contribution < 1.29 is 49.8 Å². The Morgan fingerprint density at radius 2 is 1.59 bits per heavy atom. The molecule has 32 heavy (non-hydrogen) atoms. The molecule has 0 saturated heterocycles. The van der Waals surface area contributed by atoms with E-state index in [0.29, 0.717) is 12.1 Å². The number of anilines is 1. The SMILES string of the molecule is CCOC(=O)C(NC(=O)Nc1cccc(C(F)(F)F)c1)(Oc1ccc(F)cc1)C(F)(F)F. The van der Waals surface area contributed by atoms with Gasteiger partial charge in [-0.25, -0.2) is 14.0 Å². The molecule has 1 atom stereocenters. The summed E-state index contributed by atoms with van der Waals surface area (Å²) < 4.78 is 102. The van der Waals surface area contributed by atoms with Gasteiger partial charge in [0.05, 0.1) is 12.2 Å². The Morgan fingerprint density at radius 1 is 0.969 bits per heavy atom. The maximum Gasteiger partial charge on any atom is 0.460 e. The van der Waals surface area contributed by atoms with Crippen molar-refractivity contribution in [3.8, 4) is 5.75 Å². The Kier molecular flexibility index (Phi) is 7.21. The highest BCUT2D eigenvalue weighted by Crippen LogP contribution is 2.35. The highest BCUT2D eigenvalue weighted by atomic mass is 19.4. The molecule has 0 aliphatic carbocycles. The topological polar surface area (TPSA) is 76.7 Å². The number of carbonyl (C=O) groups excluding carboxylic acids is 2. The first kappa shape index (κ1) is 24.8. The molecule has 2 amide bonds. The van der Waals surface area contributed by atoms with Crippen molar-refractivity contribution in [2.45, 2.75) is 25.0 Å². The lowest BCUT2D eigenvalue weighted by Crippen LogP contribution is -2.69. The van der Waals surface area contributed by atoms with Gasteiger partial charge in [-0.1, -0.05) is 6.07 Å². The predicted molar refractivity (Wildman–Crippen MR) is 96.0 cm³/mol. The summed E-state index contributed by atoms with van der Waals surface area (Å²) in [4.78, 5) is 24.5. The fourth-order valence-electron chi connectivity index (χ4n) is 2.37. The maximum absolute atomic E-state index is 13.9. The Hall–Kier alpha value is -3.51. The van der Waals surface area contributed by atoms with E-state index in [1.165, 1.54) is 12.2 Å². The van der Waals surface area contributed by atoms with Crippen LogP contribution in [0.5, 0.6) is 5.75 Å². The molecule has 0 spiro atoms. The summed E-state index contributed by atoms with van der Waals surface area (Å²) in [5, 5.41) is 3.05. The van der Waals surface area contributed by atoms with Crippen molar-refractivity contribution >= 4 is 17.7 Å². The Labute approximate surface area is 176 Å². The molecule has 13 heteroatoms. The first-order chi connectivity index (χ1) is 14.8. The van der Waals surface area contributed by atoms with E-state index in [9.17, 15) is 40.3 Å². The summed E-state index contributed by atoms with van der Waals surface area (Å²) in [6.45, 7) is 0.667. The lowest BCUT2D eigenvalue weighted by Gasteiger charge is -2.33. The van der Waals surface area contributed by atoms with E-state index >= 15 is 0 Å². The van der Waals surface area contributed by atoms with Gasteiger partial charge in [0.1, 0.15) is 11.6 Å². The third-order valence-corrected chi connectivity index (χ3v) is 3.78. The fourth-order valence-corrected chi connectivity index (χ4v) is 2.37. The highest BCUT2D eigenvalue weighted by molar-refractivity contribution is 5.94. The predicted octanol–water partition coefficient (Wildman–Crippen LogP) is 4.87. The molecule has 0 heterocycles. The van der Waals surface area contributed by atoms with Crippen molar-refractivity contribution in [1.82, 2.24) is 5.32 Å². The van der Waals surface area contributed by atoms with Crippen molar-refractivity contribution in [2.75, 3.05) is 11.9 Å². The molecule has 0 radical (unpaired) electrons. The number of halogens is 7. The Balaban J connectivity index is 2.39. The minimum absolute atomic E-state index is 0.472. The van der Waals surface area contributed by atoms with Crippen molar-refractivity contribution in [1.29, 1.82) is 0 Å². The van der Waals surface area contributed by atoms with Crippen LogP contribution in [0.4, 0.5) is 41.2 Å². The first-order valence-corrected chi connectivity index (χ1v) is 8.73. The van der Waals surface area contributed by atoms with E-state index in [0.717, 1.165) is 36.4 Å². The number of nitrogens with one attached hydrogen (secondary N) is 2. The number of amides is 2. The van der Waals surface area contributed by atoms with E-state index < -0.39 is 59.5 Å². The second-order valence-corrected chi connectivity index (χ2v) is 6.11. The van der Waals surface area contributed by atoms with Crippen LogP contribution in [0.3, 0.4) is 0 Å². The quantitative estimate of drug-likeness (QED) is 0.361. The normalized spacial score (nSPS) is 13.6. The summed E-state index contributed by atoms with van der Waals surface area (Å²) in [7, 11) is 0. The van der Waals surface area contributed by atoms with Gasteiger partial charge in [-0.3, -0.25) is 5.32 Å². The van der Waals surface area contributed by atoms with E-state index in [-0.39, 0.29) is 0 Å². The number of rotatable bonds is 6. The molecule has 0 aromatic heterocycles. The van der Waals surface area contributed by atoms with Crippen LogP contribution in [0, 0.1) is 5.82 Å². The minimum Gasteiger partial charge on any atom is -0.461 e. The first-order valence-electron chi connectivity index (χ1n) is 8.73. The zero-order valence-corrected chi connectivity index (χ0v) is 16.1. The molecule has 1 unspecified atom stereocenters. The summed E-state index contributed by atoms with van der Waals surface area (Å²) in [6.07, 6.45) is -10.4.